The Bertz CT molecular complexity index is 1000. The van der Waals surface area contributed by atoms with E-state index in [1.807, 2.05) is 20.8 Å². The molecule has 0 spiro atoms. The highest BCUT2D eigenvalue weighted by Crippen LogP contribution is 2.38. The number of amides is 1. The molecule has 1 amide bonds. The highest BCUT2D eigenvalue weighted by Gasteiger charge is 2.39. The van der Waals surface area contributed by atoms with Crippen molar-refractivity contribution in [2.75, 3.05) is 20.6 Å². The second kappa shape index (κ2) is 9.81. The van der Waals surface area contributed by atoms with E-state index in [-0.39, 0.29) is 28.8 Å². The Hall–Kier alpha value is -2.74. The van der Waals surface area contributed by atoms with Gasteiger partial charge in [-0.3, -0.25) is 4.79 Å². The zero-order chi connectivity index (χ0) is 24.3. The van der Waals surface area contributed by atoms with Gasteiger partial charge in [-0.2, -0.15) is 13.2 Å². The van der Waals surface area contributed by atoms with Gasteiger partial charge >= 0.3 is 6.18 Å². The first-order chi connectivity index (χ1) is 14.8. The first-order valence-corrected chi connectivity index (χ1v) is 10.3. The van der Waals surface area contributed by atoms with Crippen LogP contribution in [-0.4, -0.2) is 42.2 Å². The molecule has 0 saturated carbocycles. The zero-order valence-electron chi connectivity index (χ0n) is 18.8. The van der Waals surface area contributed by atoms with Gasteiger partial charge < -0.3 is 20.2 Å². The summed E-state index contributed by atoms with van der Waals surface area (Å²) >= 11 is 5.96. The molecule has 9 heteroatoms. The van der Waals surface area contributed by atoms with Crippen LogP contribution in [0.25, 0.3) is 11.1 Å². The summed E-state index contributed by atoms with van der Waals surface area (Å²) < 4.78 is 43.1. The van der Waals surface area contributed by atoms with Crippen molar-refractivity contribution in [3.8, 4) is 11.1 Å². The summed E-state index contributed by atoms with van der Waals surface area (Å²) in [7, 11) is 3.16. The van der Waals surface area contributed by atoms with Gasteiger partial charge in [0, 0.05) is 49.2 Å². The minimum atomic E-state index is -4.70. The molecule has 0 unspecified atom stereocenters. The van der Waals surface area contributed by atoms with E-state index in [1.54, 1.807) is 38.4 Å². The van der Waals surface area contributed by atoms with Gasteiger partial charge in [-0.15, -0.1) is 0 Å². The van der Waals surface area contributed by atoms with Gasteiger partial charge in [-0.05, 0) is 29.2 Å². The number of benzene rings is 1. The maximum atomic E-state index is 14.0. The van der Waals surface area contributed by atoms with Gasteiger partial charge in [-0.1, -0.05) is 44.5 Å². The number of rotatable bonds is 7. The Morgan fingerprint density at radius 2 is 1.81 bits per heavy atom. The molecule has 0 saturated heterocycles. The van der Waals surface area contributed by atoms with Crippen molar-refractivity contribution >= 4 is 23.7 Å². The maximum Gasteiger partial charge on any atom is 0.431 e. The molecule has 0 fully saturated rings. The molecule has 0 aliphatic carbocycles. The van der Waals surface area contributed by atoms with Gasteiger partial charge in [0.15, 0.2) is 0 Å². The monoisotopic (exact) mass is 468 g/mol. The highest BCUT2D eigenvalue weighted by molar-refractivity contribution is 6.30. The average molecular weight is 469 g/mol. The first-order valence-electron chi connectivity index (χ1n) is 9.97. The lowest BCUT2D eigenvalue weighted by molar-refractivity contribution is -0.143. The minimum absolute atomic E-state index is 0.0877. The topological polar surface area (TPSA) is 61.1 Å². The van der Waals surface area contributed by atoms with Crippen molar-refractivity contribution in [2.24, 2.45) is 5.41 Å². The maximum absolute atomic E-state index is 14.0. The number of nitrogens with zero attached hydrogens (tertiary/aromatic N) is 2. The second-order valence-corrected chi connectivity index (χ2v) is 9.19. The van der Waals surface area contributed by atoms with Gasteiger partial charge in [0.05, 0.1) is 6.54 Å². The summed E-state index contributed by atoms with van der Waals surface area (Å²) in [6.45, 7) is 5.89. The molecule has 1 aromatic carbocycles. The van der Waals surface area contributed by atoms with E-state index in [1.165, 1.54) is 11.1 Å². The quantitative estimate of drug-likeness (QED) is 0.512. The SMILES string of the molecule is CN/C=C(\C=N)Cn1c(C(F)(F)F)cc(-c2ccc(Cl)cc2)c1C(=O)N(C)CC(C)(C)C. The number of hydrogen-bond donors (Lipinski definition) is 2. The third kappa shape index (κ3) is 6.16. The molecule has 32 heavy (non-hydrogen) atoms. The lowest BCUT2D eigenvalue weighted by Gasteiger charge is -2.28. The molecule has 0 atom stereocenters. The summed E-state index contributed by atoms with van der Waals surface area (Å²) in [5, 5.41) is 10.7. The predicted molar refractivity (Wildman–Crippen MR) is 122 cm³/mol. The van der Waals surface area contributed by atoms with Crippen molar-refractivity contribution in [2.45, 2.75) is 33.5 Å². The van der Waals surface area contributed by atoms with Gasteiger partial charge in [-0.25, -0.2) is 0 Å². The number of carbonyl (C=O) groups is 1. The van der Waals surface area contributed by atoms with Crippen LogP contribution < -0.4 is 5.32 Å². The molecule has 0 aliphatic heterocycles. The second-order valence-electron chi connectivity index (χ2n) is 8.76. The molecule has 5 nitrogen and oxygen atoms in total. The molecule has 0 aliphatic rings. The van der Waals surface area contributed by atoms with Crippen molar-refractivity contribution in [3.05, 3.63) is 58.5 Å². The van der Waals surface area contributed by atoms with E-state index in [4.69, 9.17) is 17.0 Å². The standard InChI is InChI=1S/C23H28ClF3N4O/c1-22(2,3)14-30(5)21(32)20-18(16-6-8-17(24)9-7-16)10-19(23(25,26)27)31(20)13-15(11-28)12-29-4/h6-12,28-29H,13-14H2,1-5H3/b15-12+,28-11?. The fraction of sp³-hybridized carbons (Fsp3) is 0.391. The van der Waals surface area contributed by atoms with E-state index in [0.717, 1.165) is 16.8 Å². The van der Waals surface area contributed by atoms with Gasteiger partial charge in [0.1, 0.15) is 11.4 Å². The molecule has 1 aromatic heterocycles. The summed E-state index contributed by atoms with van der Waals surface area (Å²) in [6, 6.07) is 7.30. The fourth-order valence-electron chi connectivity index (χ4n) is 3.49. The van der Waals surface area contributed by atoms with Crippen LogP contribution in [0.2, 0.25) is 5.02 Å². The Morgan fingerprint density at radius 3 is 2.28 bits per heavy atom. The molecule has 2 rings (SSSR count). The van der Waals surface area contributed by atoms with Crippen LogP contribution in [0.1, 0.15) is 37.0 Å². The zero-order valence-corrected chi connectivity index (χ0v) is 19.5. The number of hydrogen-bond acceptors (Lipinski definition) is 3. The molecule has 174 valence electrons. The van der Waals surface area contributed by atoms with Gasteiger partial charge in [0.2, 0.25) is 0 Å². The van der Waals surface area contributed by atoms with E-state index >= 15 is 0 Å². The molecule has 0 bridgehead atoms. The smallest absolute Gasteiger partial charge is 0.394 e. The van der Waals surface area contributed by atoms with Crippen LogP contribution in [0.4, 0.5) is 13.2 Å². The van der Waals surface area contributed by atoms with E-state index < -0.39 is 17.8 Å². The molecule has 2 N–H and O–H groups in total. The van der Waals surface area contributed by atoms with Crippen LogP contribution in [-0.2, 0) is 12.7 Å². The fourth-order valence-corrected chi connectivity index (χ4v) is 3.62. The highest BCUT2D eigenvalue weighted by atomic mass is 35.5. The van der Waals surface area contributed by atoms with Crippen LogP contribution in [0.15, 0.2) is 42.1 Å². The van der Waals surface area contributed by atoms with E-state index in [2.05, 4.69) is 5.32 Å². The lowest BCUT2D eigenvalue weighted by atomic mass is 9.96. The van der Waals surface area contributed by atoms with Crippen LogP contribution >= 0.6 is 11.6 Å². The number of carbonyl (C=O) groups excluding carboxylic acids is 1. The molecular weight excluding hydrogens is 441 g/mol. The molecule has 1 heterocycles. The Balaban J connectivity index is 2.80. The number of alkyl halides is 3. The van der Waals surface area contributed by atoms with Crippen molar-refractivity contribution in [1.29, 1.82) is 5.41 Å². The van der Waals surface area contributed by atoms with Crippen LogP contribution in [0.3, 0.4) is 0 Å². The summed E-state index contributed by atoms with van der Waals surface area (Å²) in [6.07, 6.45) is -2.30. The van der Waals surface area contributed by atoms with E-state index in [0.29, 0.717) is 17.1 Å². The van der Waals surface area contributed by atoms with Gasteiger partial charge in [0.25, 0.3) is 5.91 Å². The van der Waals surface area contributed by atoms with E-state index in [9.17, 15) is 18.0 Å². The Morgan fingerprint density at radius 1 is 1.22 bits per heavy atom. The third-order valence-electron chi connectivity index (χ3n) is 4.66. The lowest BCUT2D eigenvalue weighted by Crippen LogP contribution is -2.36. The largest absolute Gasteiger partial charge is 0.431 e. The number of aromatic nitrogens is 1. The first kappa shape index (κ1) is 25.5. The summed E-state index contributed by atoms with van der Waals surface area (Å²) in [5.41, 5.74) is -0.409. The van der Waals surface area contributed by atoms with Crippen molar-refractivity contribution < 1.29 is 18.0 Å². The Labute approximate surface area is 191 Å². The number of nitrogens with one attached hydrogen (secondary N) is 2. The summed E-state index contributed by atoms with van der Waals surface area (Å²) in [4.78, 5) is 14.9. The Kier molecular flexibility index (Phi) is 7.83. The molecular formula is C23H28ClF3N4O. The minimum Gasteiger partial charge on any atom is -0.394 e. The van der Waals surface area contributed by atoms with Crippen molar-refractivity contribution in [3.63, 3.8) is 0 Å². The number of allylic oxidation sites excluding steroid dienone is 1. The van der Waals surface area contributed by atoms with Crippen LogP contribution in [0.5, 0.6) is 0 Å². The molecule has 2 aromatic rings. The normalized spacial score (nSPS) is 12.6. The third-order valence-corrected chi connectivity index (χ3v) is 4.91. The average Bonchev–Trinajstić information content (AvgIpc) is 3.05. The van der Waals surface area contributed by atoms with Crippen molar-refractivity contribution in [1.82, 2.24) is 14.8 Å². The molecule has 0 radical (unpaired) electrons. The van der Waals surface area contributed by atoms with Crippen LogP contribution in [0, 0.1) is 10.8 Å². The summed E-state index contributed by atoms with van der Waals surface area (Å²) in [5.74, 6) is -0.533. The number of halogens is 4. The predicted octanol–water partition coefficient (Wildman–Crippen LogP) is 5.70.